The summed E-state index contributed by atoms with van der Waals surface area (Å²) >= 11 is 0. The van der Waals surface area contributed by atoms with Gasteiger partial charge in [-0.25, -0.2) is 30.7 Å². The van der Waals surface area contributed by atoms with Gasteiger partial charge >= 0.3 is 17.1 Å². The van der Waals surface area contributed by atoms with E-state index in [1.165, 1.54) is 19.3 Å². The first-order valence-electron chi connectivity index (χ1n) is 5.51. The van der Waals surface area contributed by atoms with Gasteiger partial charge in [0.1, 0.15) is 0 Å². The molecule has 0 N–H and O–H groups in total. The monoisotopic (exact) mass is 244 g/mol. The molecule has 0 atom stereocenters. The molecule has 0 unspecified atom stereocenters. The van der Waals surface area contributed by atoms with Crippen LogP contribution in [-0.2, 0) is 17.1 Å². The minimum atomic E-state index is 0. The van der Waals surface area contributed by atoms with Crippen LogP contribution in [0, 0.1) is 11.8 Å². The zero-order valence-corrected chi connectivity index (χ0v) is 10.7. The molecule has 1 aliphatic rings. The summed E-state index contributed by atoms with van der Waals surface area (Å²) in [5.41, 5.74) is 0.542. The Balaban J connectivity index is 0.000000280. The minimum Gasteiger partial charge on any atom is -0.231 e. The fraction of sp³-hybridized carbons (Fsp3) is 0.429. The van der Waals surface area contributed by atoms with Crippen molar-refractivity contribution < 1.29 is 17.1 Å². The average Bonchev–Trinajstić information content (AvgIpc) is 2.93. The van der Waals surface area contributed by atoms with Gasteiger partial charge in [-0.15, -0.1) is 6.42 Å². The molecule has 1 aromatic rings. The van der Waals surface area contributed by atoms with Crippen LogP contribution in [0.15, 0.2) is 42.5 Å². The molecule has 0 aromatic heterocycles. The fourth-order valence-electron chi connectivity index (χ4n) is 1.74. The normalized spacial score (nSPS) is 15.9. The van der Waals surface area contributed by atoms with Gasteiger partial charge in [-0.05, 0) is 0 Å². The van der Waals surface area contributed by atoms with Crippen LogP contribution in [0.5, 0.6) is 0 Å². The van der Waals surface area contributed by atoms with Crippen molar-refractivity contribution in [1.82, 2.24) is 0 Å². The van der Waals surface area contributed by atoms with Gasteiger partial charge in [0, 0.05) is 0 Å². The predicted octanol–water partition coefficient (Wildman–Crippen LogP) is 4.36. The van der Waals surface area contributed by atoms with Crippen LogP contribution in [0.2, 0.25) is 0 Å². The largest absolute Gasteiger partial charge is 2.00 e. The molecule has 0 nitrogen and oxygen atoms in total. The fourth-order valence-corrected chi connectivity index (χ4v) is 1.74. The SMILES string of the molecule is CCC1(CC)C=C[CH-]C1.[Fe+2].c1cc[cH-]c1. The molecule has 1 heteroatoms. The molecule has 0 bridgehead atoms. The van der Waals surface area contributed by atoms with Gasteiger partial charge in [0.05, 0.1) is 0 Å². The summed E-state index contributed by atoms with van der Waals surface area (Å²) in [4.78, 5) is 0. The second-order valence-corrected chi connectivity index (χ2v) is 3.83. The molecular weight excluding hydrogens is 224 g/mol. The van der Waals surface area contributed by atoms with E-state index in [-0.39, 0.29) is 17.1 Å². The maximum Gasteiger partial charge on any atom is 2.00 e. The maximum atomic E-state index is 2.35. The van der Waals surface area contributed by atoms with Crippen LogP contribution in [-0.4, -0.2) is 0 Å². The molecule has 0 heterocycles. The van der Waals surface area contributed by atoms with Gasteiger partial charge in [-0.1, -0.05) is 32.1 Å². The molecule has 0 aliphatic heterocycles. The van der Waals surface area contributed by atoms with E-state index in [4.69, 9.17) is 0 Å². The number of hydrogen-bond donors (Lipinski definition) is 0. The standard InChI is InChI=1S/C9H15.C5H5.Fe/c1-3-9(4-2)7-5-6-8-9;1-2-4-5-3-1;/h5-7H,3-4,8H2,1-2H3;1-5H;/q2*-1;+2. The van der Waals surface area contributed by atoms with Crippen LogP contribution < -0.4 is 0 Å². The smallest absolute Gasteiger partial charge is 0.231 e. The van der Waals surface area contributed by atoms with E-state index in [1.54, 1.807) is 0 Å². The van der Waals surface area contributed by atoms with Crippen molar-refractivity contribution in [1.29, 1.82) is 0 Å². The third kappa shape index (κ3) is 4.68. The second-order valence-electron chi connectivity index (χ2n) is 3.83. The molecule has 0 saturated carbocycles. The Morgan fingerprint density at radius 3 is 1.93 bits per heavy atom. The van der Waals surface area contributed by atoms with E-state index in [0.29, 0.717) is 5.41 Å². The third-order valence-corrected chi connectivity index (χ3v) is 3.07. The van der Waals surface area contributed by atoms with Gasteiger partial charge in [0.15, 0.2) is 0 Å². The zero-order valence-electron chi connectivity index (χ0n) is 9.59. The van der Waals surface area contributed by atoms with Crippen LogP contribution in [0.25, 0.3) is 0 Å². The van der Waals surface area contributed by atoms with Gasteiger partial charge in [-0.2, -0.15) is 18.2 Å². The third-order valence-electron chi connectivity index (χ3n) is 3.07. The van der Waals surface area contributed by atoms with Gasteiger partial charge in [0.25, 0.3) is 0 Å². The van der Waals surface area contributed by atoms with E-state index in [0.717, 1.165) is 0 Å². The van der Waals surface area contributed by atoms with Crippen molar-refractivity contribution in [2.45, 2.75) is 33.1 Å². The van der Waals surface area contributed by atoms with Gasteiger partial charge < -0.3 is 0 Å². The Labute approximate surface area is 105 Å². The van der Waals surface area contributed by atoms with Gasteiger partial charge in [-0.3, -0.25) is 0 Å². The summed E-state index contributed by atoms with van der Waals surface area (Å²) in [5, 5.41) is 0. The van der Waals surface area contributed by atoms with Crippen molar-refractivity contribution in [3.8, 4) is 0 Å². The average molecular weight is 244 g/mol. The molecule has 0 radical (unpaired) electrons. The first-order chi connectivity index (χ1) is 6.83. The molecule has 0 fully saturated rings. The van der Waals surface area contributed by atoms with Crippen LogP contribution in [0.4, 0.5) is 0 Å². The van der Waals surface area contributed by atoms with Crippen molar-refractivity contribution in [3.63, 3.8) is 0 Å². The quantitative estimate of drug-likeness (QED) is 0.535. The van der Waals surface area contributed by atoms with E-state index in [2.05, 4.69) is 32.4 Å². The number of hydrogen-bond acceptors (Lipinski definition) is 0. The molecular formula is C14H20Fe. The molecule has 0 amide bonds. The van der Waals surface area contributed by atoms with E-state index in [1.807, 2.05) is 30.3 Å². The molecule has 1 aromatic carbocycles. The predicted molar refractivity (Wildman–Crippen MR) is 63.1 cm³/mol. The first kappa shape index (κ1) is 14.5. The summed E-state index contributed by atoms with van der Waals surface area (Å²) in [6.07, 6.45) is 10.7. The van der Waals surface area contributed by atoms with Crippen molar-refractivity contribution in [3.05, 3.63) is 48.9 Å². The summed E-state index contributed by atoms with van der Waals surface area (Å²) in [6, 6.07) is 10.0. The Bertz CT molecular complexity index is 225. The Morgan fingerprint density at radius 2 is 1.73 bits per heavy atom. The van der Waals surface area contributed by atoms with Crippen LogP contribution in [0.3, 0.4) is 0 Å². The maximum absolute atomic E-state index is 2.35. The summed E-state index contributed by atoms with van der Waals surface area (Å²) < 4.78 is 0. The first-order valence-corrected chi connectivity index (χ1v) is 5.51. The molecule has 15 heavy (non-hydrogen) atoms. The Kier molecular flexibility index (Phi) is 7.46. The topological polar surface area (TPSA) is 0 Å². The van der Waals surface area contributed by atoms with Crippen LogP contribution >= 0.6 is 0 Å². The van der Waals surface area contributed by atoms with Crippen molar-refractivity contribution in [2.24, 2.45) is 5.41 Å². The summed E-state index contributed by atoms with van der Waals surface area (Å²) in [5.74, 6) is 0. The Hall–Kier alpha value is -0.521. The van der Waals surface area contributed by atoms with E-state index < -0.39 is 0 Å². The summed E-state index contributed by atoms with van der Waals surface area (Å²) in [6.45, 7) is 4.54. The van der Waals surface area contributed by atoms with Crippen molar-refractivity contribution >= 4 is 0 Å². The molecule has 2 rings (SSSR count). The zero-order chi connectivity index (χ0) is 10.3. The van der Waals surface area contributed by atoms with E-state index >= 15 is 0 Å². The number of allylic oxidation sites excluding steroid dienone is 2. The van der Waals surface area contributed by atoms with E-state index in [9.17, 15) is 0 Å². The minimum absolute atomic E-state index is 0. The molecule has 0 spiro atoms. The number of rotatable bonds is 2. The molecule has 0 saturated heterocycles. The second kappa shape index (κ2) is 7.73. The molecule has 84 valence electrons. The van der Waals surface area contributed by atoms with Crippen LogP contribution in [0.1, 0.15) is 33.1 Å². The molecule has 1 aliphatic carbocycles. The van der Waals surface area contributed by atoms with Gasteiger partial charge in [0.2, 0.25) is 0 Å². The van der Waals surface area contributed by atoms with Crippen molar-refractivity contribution in [2.75, 3.05) is 0 Å². The summed E-state index contributed by atoms with van der Waals surface area (Å²) in [7, 11) is 0. The Morgan fingerprint density at radius 1 is 1.13 bits per heavy atom.